The fourth-order valence-corrected chi connectivity index (χ4v) is 3.10. The van der Waals surface area contributed by atoms with Crippen LogP contribution in [0, 0.1) is 23.2 Å². The molecule has 1 aliphatic carbocycles. The molecule has 2 rings (SSSR count). The molecule has 0 amide bonds. The number of allylic oxidation sites excluding steroid dienone is 2. The van der Waals surface area contributed by atoms with Gasteiger partial charge in [-0.1, -0.05) is 19.1 Å². The number of hydrogen-bond donors (Lipinski definition) is 0. The highest BCUT2D eigenvalue weighted by Crippen LogP contribution is 2.48. The maximum atomic E-state index is 8.90. The van der Waals surface area contributed by atoms with Crippen molar-refractivity contribution in [2.75, 3.05) is 13.2 Å². The molecule has 3 nitrogen and oxygen atoms in total. The number of hydrogen-bond acceptors (Lipinski definition) is 3. The predicted octanol–water partition coefficient (Wildman–Crippen LogP) is 3.03. The van der Waals surface area contributed by atoms with Crippen molar-refractivity contribution in [1.29, 1.82) is 5.26 Å². The topological polar surface area (TPSA) is 42.2 Å². The second-order valence-corrected chi connectivity index (χ2v) is 4.89. The number of ether oxygens (including phenoxy) is 2. The van der Waals surface area contributed by atoms with Crippen LogP contribution in [0.3, 0.4) is 0 Å². The Morgan fingerprint density at radius 1 is 1.35 bits per heavy atom. The molecule has 94 valence electrons. The molecule has 1 aliphatic heterocycles. The monoisotopic (exact) mass is 237 g/mol. The van der Waals surface area contributed by atoms with Crippen molar-refractivity contribution in [3.8, 4) is 6.07 Å². The van der Waals surface area contributed by atoms with Crippen LogP contribution >= 0.6 is 0 Å². The van der Waals surface area contributed by atoms with Crippen molar-refractivity contribution >= 4 is 0 Å². The van der Waals surface area contributed by atoms with E-state index in [0.717, 1.165) is 25.7 Å². The molecule has 0 aromatic heterocycles. The number of rotatable bonds is 4. The van der Waals surface area contributed by atoms with E-state index in [2.05, 4.69) is 25.1 Å². The van der Waals surface area contributed by atoms with Crippen LogP contribution in [0.15, 0.2) is 12.2 Å². The Morgan fingerprint density at radius 3 is 2.76 bits per heavy atom. The molecule has 2 aliphatic rings. The van der Waals surface area contributed by atoms with Crippen molar-refractivity contribution in [3.63, 3.8) is 0 Å². The van der Waals surface area contributed by atoms with Gasteiger partial charge in [0.2, 0.25) is 0 Å². The second-order valence-electron chi connectivity index (χ2n) is 4.89. The molecule has 0 N–H and O–H groups in total. The van der Waals surface area contributed by atoms with Crippen LogP contribution in [0.25, 0.3) is 0 Å². The average molecular weight is 237 g/mol. The van der Waals surface area contributed by atoms with Gasteiger partial charge < -0.3 is 9.47 Å². The molecule has 1 saturated carbocycles. The first-order valence-electron chi connectivity index (χ1n) is 6.62. The van der Waals surface area contributed by atoms with Gasteiger partial charge in [-0.15, -0.1) is 0 Å². The molecule has 0 bridgehead atoms. The lowest BCUT2D eigenvalue weighted by Crippen LogP contribution is -2.36. The smallest absolute Gasteiger partial charge is 0.171 e. The van der Waals surface area contributed by atoms with Crippen molar-refractivity contribution in [2.24, 2.45) is 11.8 Å². The molecule has 2 fully saturated rings. The van der Waals surface area contributed by atoms with Crippen LogP contribution in [0.1, 0.15) is 39.0 Å². The predicted molar refractivity (Wildman–Crippen MR) is 65.1 cm³/mol. The largest absolute Gasteiger partial charge is 0.347 e. The van der Waals surface area contributed by atoms with Crippen molar-refractivity contribution < 1.29 is 9.47 Å². The van der Waals surface area contributed by atoms with Gasteiger partial charge in [-0.05, 0) is 25.2 Å². The molecular formula is C14H21NO2. The summed E-state index contributed by atoms with van der Waals surface area (Å²) in [6, 6.07) is 2.30. The minimum atomic E-state index is -0.375. The van der Waals surface area contributed by atoms with Gasteiger partial charge in [0.1, 0.15) is 0 Å². The van der Waals surface area contributed by atoms with Crippen LogP contribution < -0.4 is 0 Å². The summed E-state index contributed by atoms with van der Waals surface area (Å²) >= 11 is 0. The second kappa shape index (κ2) is 5.66. The zero-order valence-electron chi connectivity index (χ0n) is 10.5. The van der Waals surface area contributed by atoms with Gasteiger partial charge in [-0.2, -0.15) is 5.26 Å². The standard InChI is InChI=1S/C14H21NO2/c1-2-3-4-5-13-12(7-9-15)6-8-14(13)16-10-11-17-14/h3-4,12-13H,2,5-8,10-11H2,1H3/b4-3-/i9+2. The maximum Gasteiger partial charge on any atom is 0.171 e. The van der Waals surface area contributed by atoms with E-state index in [1.54, 1.807) is 0 Å². The molecule has 1 heterocycles. The first-order valence-corrected chi connectivity index (χ1v) is 6.62. The summed E-state index contributed by atoms with van der Waals surface area (Å²) in [5, 5.41) is 8.90. The third kappa shape index (κ3) is 2.53. The first kappa shape index (κ1) is 12.6. The highest BCUT2D eigenvalue weighted by Gasteiger charge is 2.51. The minimum Gasteiger partial charge on any atom is -0.347 e. The Balaban J connectivity index is 2.06. The number of nitrogens with zero attached hydrogens (tertiary/aromatic N) is 1. The highest BCUT2D eigenvalue weighted by atomic mass is 16.7. The lowest BCUT2D eigenvalue weighted by molar-refractivity contribution is -0.185. The van der Waals surface area contributed by atoms with E-state index in [9.17, 15) is 0 Å². The van der Waals surface area contributed by atoms with Crippen LogP contribution in [0.4, 0.5) is 0 Å². The fraction of sp³-hybridized carbons (Fsp3) is 0.786. The molecular weight excluding hydrogens is 216 g/mol. The average Bonchev–Trinajstić information content (AvgIpc) is 2.92. The third-order valence-corrected chi connectivity index (χ3v) is 3.92. The third-order valence-electron chi connectivity index (χ3n) is 3.92. The summed E-state index contributed by atoms with van der Waals surface area (Å²) in [5.74, 6) is 0.409. The van der Waals surface area contributed by atoms with Gasteiger partial charge in [-0.25, -0.2) is 0 Å². The van der Waals surface area contributed by atoms with Crippen LogP contribution in [-0.2, 0) is 9.47 Å². The van der Waals surface area contributed by atoms with E-state index in [-0.39, 0.29) is 5.79 Å². The first-order chi connectivity index (χ1) is 8.32. The molecule has 2 atom stereocenters. The molecule has 0 aromatic carbocycles. The Labute approximate surface area is 103 Å². The molecule has 3 heteroatoms. The van der Waals surface area contributed by atoms with Gasteiger partial charge in [0.15, 0.2) is 5.79 Å². The van der Waals surface area contributed by atoms with Gasteiger partial charge in [0.25, 0.3) is 0 Å². The molecule has 0 radical (unpaired) electrons. The molecule has 17 heavy (non-hydrogen) atoms. The lowest BCUT2D eigenvalue weighted by atomic mass is 9.89. The summed E-state index contributed by atoms with van der Waals surface area (Å²) in [6.07, 6.45) is 9.06. The van der Waals surface area contributed by atoms with Crippen molar-refractivity contribution in [2.45, 2.75) is 44.8 Å². The van der Waals surface area contributed by atoms with E-state index in [1.807, 2.05) is 0 Å². The summed E-state index contributed by atoms with van der Waals surface area (Å²) in [4.78, 5) is 0. The van der Waals surface area contributed by atoms with Gasteiger partial charge >= 0.3 is 0 Å². The Bertz CT molecular complexity index is 313. The van der Waals surface area contributed by atoms with E-state index in [0.29, 0.717) is 31.5 Å². The molecule has 1 spiro atoms. The normalized spacial score (nSPS) is 31.3. The Kier molecular flexibility index (Phi) is 4.20. The fourth-order valence-electron chi connectivity index (χ4n) is 3.10. The summed E-state index contributed by atoms with van der Waals surface area (Å²) < 4.78 is 11.7. The lowest BCUT2D eigenvalue weighted by Gasteiger charge is -2.31. The zero-order chi connectivity index (χ0) is 12.1. The van der Waals surface area contributed by atoms with E-state index in [4.69, 9.17) is 14.7 Å². The summed E-state index contributed by atoms with van der Waals surface area (Å²) in [5.41, 5.74) is 0. The zero-order valence-corrected chi connectivity index (χ0v) is 10.5. The SMILES string of the molecule is CC/C=C\CC1C(C[14C]#N)CCC12OCCO2. The summed E-state index contributed by atoms with van der Waals surface area (Å²) in [6.45, 7) is 3.54. The highest BCUT2D eigenvalue weighted by molar-refractivity contribution is 5.00. The minimum absolute atomic E-state index is 0.354. The molecule has 2 unspecified atom stereocenters. The molecule has 0 aromatic rings. The molecule has 1 saturated heterocycles. The van der Waals surface area contributed by atoms with Crippen LogP contribution in [0.2, 0.25) is 0 Å². The van der Waals surface area contributed by atoms with E-state index < -0.39 is 0 Å². The van der Waals surface area contributed by atoms with Crippen LogP contribution in [-0.4, -0.2) is 19.0 Å². The van der Waals surface area contributed by atoms with Gasteiger partial charge in [0, 0.05) is 18.8 Å². The van der Waals surface area contributed by atoms with Gasteiger partial charge in [0.05, 0.1) is 19.3 Å². The van der Waals surface area contributed by atoms with Gasteiger partial charge in [-0.3, -0.25) is 0 Å². The maximum absolute atomic E-state index is 8.90. The Morgan fingerprint density at radius 2 is 2.12 bits per heavy atom. The van der Waals surface area contributed by atoms with Crippen LogP contribution in [0.5, 0.6) is 0 Å². The van der Waals surface area contributed by atoms with Crippen molar-refractivity contribution in [3.05, 3.63) is 12.2 Å². The quantitative estimate of drug-likeness (QED) is 0.706. The summed E-state index contributed by atoms with van der Waals surface area (Å²) in [7, 11) is 0. The van der Waals surface area contributed by atoms with Crippen molar-refractivity contribution in [1.82, 2.24) is 0 Å². The number of nitriles is 1. The van der Waals surface area contributed by atoms with E-state index in [1.165, 1.54) is 0 Å². The Hall–Kier alpha value is -0.850. The van der Waals surface area contributed by atoms with E-state index >= 15 is 0 Å².